The molecule has 0 bridgehead atoms. The molecule has 1 aromatic heterocycles. The van der Waals surface area contributed by atoms with Crippen molar-refractivity contribution in [3.05, 3.63) is 20.8 Å². The van der Waals surface area contributed by atoms with Crippen LogP contribution in [0.4, 0.5) is 0 Å². The van der Waals surface area contributed by atoms with E-state index in [9.17, 15) is 0 Å². The Hall–Kier alpha value is 0.1000. The summed E-state index contributed by atoms with van der Waals surface area (Å²) in [6.45, 7) is 4.69. The highest BCUT2D eigenvalue weighted by Gasteiger charge is 2.27. The molecule has 2 heterocycles. The third kappa shape index (κ3) is 3.31. The minimum absolute atomic E-state index is 0.546. The van der Waals surface area contributed by atoms with Gasteiger partial charge in [0.2, 0.25) is 0 Å². The van der Waals surface area contributed by atoms with Crippen molar-refractivity contribution in [2.45, 2.75) is 38.3 Å². The van der Waals surface area contributed by atoms with Crippen molar-refractivity contribution in [2.75, 3.05) is 20.1 Å². The van der Waals surface area contributed by atoms with Gasteiger partial charge in [-0.1, -0.05) is 6.42 Å². The van der Waals surface area contributed by atoms with E-state index in [1.807, 2.05) is 11.3 Å². The Balaban J connectivity index is 2.07. The third-order valence-electron chi connectivity index (χ3n) is 3.61. The van der Waals surface area contributed by atoms with Crippen LogP contribution in [0.1, 0.15) is 37.1 Å². The van der Waals surface area contributed by atoms with Crippen LogP contribution in [0.5, 0.6) is 0 Å². The van der Waals surface area contributed by atoms with Crippen LogP contribution in [-0.4, -0.2) is 31.1 Å². The zero-order valence-corrected chi connectivity index (χ0v) is 13.0. The van der Waals surface area contributed by atoms with Crippen LogP contribution in [-0.2, 0) is 0 Å². The van der Waals surface area contributed by atoms with Gasteiger partial charge >= 0.3 is 0 Å². The monoisotopic (exact) mass is 316 g/mol. The van der Waals surface area contributed by atoms with E-state index in [2.05, 4.69) is 51.6 Å². The largest absolute Gasteiger partial charge is 0.318 e. The van der Waals surface area contributed by atoms with Gasteiger partial charge in [-0.2, -0.15) is 0 Å². The fourth-order valence-corrected chi connectivity index (χ4v) is 4.22. The predicted octanol–water partition coefficient (Wildman–Crippen LogP) is 3.65. The molecular formula is C13H21BrN2S. The first-order valence-corrected chi connectivity index (χ1v) is 8.04. The molecule has 1 saturated heterocycles. The summed E-state index contributed by atoms with van der Waals surface area (Å²) < 4.78 is 1.21. The zero-order valence-electron chi connectivity index (χ0n) is 10.6. The molecule has 96 valence electrons. The van der Waals surface area contributed by atoms with E-state index in [1.54, 1.807) is 0 Å². The number of rotatable bonds is 4. The molecule has 1 fully saturated rings. The lowest BCUT2D eigenvalue weighted by Crippen LogP contribution is -2.45. The fourth-order valence-electron chi connectivity index (χ4n) is 2.70. The highest BCUT2D eigenvalue weighted by Crippen LogP contribution is 2.33. The fraction of sp³-hybridized carbons (Fsp3) is 0.692. The number of halogens is 1. The normalized spacial score (nSPS) is 23.8. The number of hydrogen-bond acceptors (Lipinski definition) is 3. The number of piperidine rings is 1. The van der Waals surface area contributed by atoms with Gasteiger partial charge in [-0.3, -0.25) is 4.90 Å². The molecule has 2 unspecified atom stereocenters. The van der Waals surface area contributed by atoms with Crippen LogP contribution >= 0.6 is 27.3 Å². The minimum Gasteiger partial charge on any atom is -0.318 e. The molecular weight excluding hydrogens is 296 g/mol. The second-order valence-electron chi connectivity index (χ2n) is 4.79. The Bertz CT molecular complexity index is 351. The van der Waals surface area contributed by atoms with E-state index in [0.717, 1.165) is 6.54 Å². The molecule has 2 rings (SSSR count). The number of nitrogens with zero attached hydrogens (tertiary/aromatic N) is 1. The first-order valence-electron chi connectivity index (χ1n) is 6.36. The second-order valence-corrected chi connectivity index (χ2v) is 6.65. The maximum absolute atomic E-state index is 3.55. The lowest BCUT2D eigenvalue weighted by molar-refractivity contribution is 0.105. The van der Waals surface area contributed by atoms with Gasteiger partial charge in [0.15, 0.2) is 0 Å². The zero-order chi connectivity index (χ0) is 12.3. The second kappa shape index (κ2) is 6.32. The average Bonchev–Trinajstić information content (AvgIpc) is 2.76. The van der Waals surface area contributed by atoms with Gasteiger partial charge in [0, 0.05) is 33.4 Å². The summed E-state index contributed by atoms with van der Waals surface area (Å²) in [7, 11) is 2.05. The molecule has 0 radical (unpaired) electrons. The Morgan fingerprint density at radius 3 is 3.06 bits per heavy atom. The lowest BCUT2D eigenvalue weighted by Gasteiger charge is -2.39. The maximum Gasteiger partial charge on any atom is 0.0417 e. The highest BCUT2D eigenvalue weighted by atomic mass is 79.9. The summed E-state index contributed by atoms with van der Waals surface area (Å²) >= 11 is 5.41. The van der Waals surface area contributed by atoms with Crippen LogP contribution in [0.25, 0.3) is 0 Å². The number of thiophene rings is 1. The Morgan fingerprint density at radius 1 is 1.59 bits per heavy atom. The molecule has 1 aromatic rings. The molecule has 1 aliphatic rings. The summed E-state index contributed by atoms with van der Waals surface area (Å²) in [6.07, 6.45) is 4.05. The first-order chi connectivity index (χ1) is 8.22. The van der Waals surface area contributed by atoms with Crippen molar-refractivity contribution in [1.82, 2.24) is 10.2 Å². The van der Waals surface area contributed by atoms with Crippen LogP contribution in [0, 0.1) is 0 Å². The molecule has 4 heteroatoms. The number of hydrogen-bond donors (Lipinski definition) is 1. The Morgan fingerprint density at radius 2 is 2.41 bits per heavy atom. The van der Waals surface area contributed by atoms with E-state index in [0.29, 0.717) is 12.1 Å². The van der Waals surface area contributed by atoms with E-state index in [4.69, 9.17) is 0 Å². The highest BCUT2D eigenvalue weighted by molar-refractivity contribution is 9.10. The van der Waals surface area contributed by atoms with Crippen LogP contribution in [0.15, 0.2) is 15.9 Å². The van der Waals surface area contributed by atoms with Gasteiger partial charge in [0.1, 0.15) is 0 Å². The van der Waals surface area contributed by atoms with E-state index in [1.165, 1.54) is 35.2 Å². The molecule has 17 heavy (non-hydrogen) atoms. The lowest BCUT2D eigenvalue weighted by atomic mass is 9.99. The molecule has 0 aliphatic carbocycles. The minimum atomic E-state index is 0.546. The summed E-state index contributed by atoms with van der Waals surface area (Å²) in [5.41, 5.74) is 0. The summed E-state index contributed by atoms with van der Waals surface area (Å²) in [4.78, 5) is 4.14. The van der Waals surface area contributed by atoms with Gasteiger partial charge in [-0.05, 0) is 55.4 Å². The van der Waals surface area contributed by atoms with Gasteiger partial charge in [-0.25, -0.2) is 0 Å². The number of likely N-dealkylation sites (tertiary alicyclic amines) is 1. The average molecular weight is 317 g/mol. The van der Waals surface area contributed by atoms with E-state index in [-0.39, 0.29) is 0 Å². The van der Waals surface area contributed by atoms with Crippen LogP contribution < -0.4 is 5.32 Å². The summed E-state index contributed by atoms with van der Waals surface area (Å²) in [6, 6.07) is 3.51. The molecule has 1 N–H and O–H groups in total. The third-order valence-corrected chi connectivity index (χ3v) is 5.47. The SMILES string of the molecule is CNCC1CCCCN1C(C)c1cc(Br)cs1. The number of likely N-dealkylation sites (N-methyl/N-ethyl adjacent to an activating group) is 1. The quantitative estimate of drug-likeness (QED) is 0.912. The summed E-state index contributed by atoms with van der Waals surface area (Å²) in [5.74, 6) is 0. The topological polar surface area (TPSA) is 15.3 Å². The Labute approximate surface area is 117 Å². The Kier molecular flexibility index (Phi) is 5.03. The molecule has 2 nitrogen and oxygen atoms in total. The van der Waals surface area contributed by atoms with Crippen LogP contribution in [0.3, 0.4) is 0 Å². The summed E-state index contributed by atoms with van der Waals surface area (Å²) in [5, 5.41) is 5.51. The van der Waals surface area contributed by atoms with Crippen molar-refractivity contribution in [3.8, 4) is 0 Å². The standard InChI is InChI=1S/C13H21BrN2S/c1-10(13-7-11(14)9-17-13)16-6-4-3-5-12(16)8-15-2/h7,9-10,12,15H,3-6,8H2,1-2H3. The van der Waals surface area contributed by atoms with Gasteiger partial charge in [0.05, 0.1) is 0 Å². The van der Waals surface area contributed by atoms with Crippen LogP contribution in [0.2, 0.25) is 0 Å². The molecule has 0 amide bonds. The van der Waals surface area contributed by atoms with Crippen molar-refractivity contribution < 1.29 is 0 Å². The molecule has 1 aliphatic heterocycles. The molecule has 2 atom stereocenters. The molecule has 0 aromatic carbocycles. The van der Waals surface area contributed by atoms with Gasteiger partial charge < -0.3 is 5.32 Å². The van der Waals surface area contributed by atoms with Crippen molar-refractivity contribution in [3.63, 3.8) is 0 Å². The van der Waals surface area contributed by atoms with Crippen molar-refractivity contribution in [1.29, 1.82) is 0 Å². The van der Waals surface area contributed by atoms with Gasteiger partial charge in [-0.15, -0.1) is 11.3 Å². The van der Waals surface area contributed by atoms with E-state index < -0.39 is 0 Å². The molecule has 0 spiro atoms. The smallest absolute Gasteiger partial charge is 0.0417 e. The van der Waals surface area contributed by atoms with E-state index >= 15 is 0 Å². The predicted molar refractivity (Wildman–Crippen MR) is 78.7 cm³/mol. The van der Waals surface area contributed by atoms with Gasteiger partial charge in [0.25, 0.3) is 0 Å². The first kappa shape index (κ1) is 13.5. The van der Waals surface area contributed by atoms with Crippen molar-refractivity contribution >= 4 is 27.3 Å². The maximum atomic E-state index is 3.55. The molecule has 0 saturated carbocycles. The number of nitrogens with one attached hydrogen (secondary N) is 1. The van der Waals surface area contributed by atoms with Crippen molar-refractivity contribution in [2.24, 2.45) is 0 Å².